The van der Waals surface area contributed by atoms with Gasteiger partial charge in [0.15, 0.2) is 0 Å². The van der Waals surface area contributed by atoms with Crippen LogP contribution in [0.1, 0.15) is 55.5 Å². The highest BCUT2D eigenvalue weighted by Crippen LogP contribution is 2.20. The third-order valence-corrected chi connectivity index (χ3v) is 6.22. The molecule has 170 valence electrons. The molecule has 2 amide bonds. The normalized spacial score (nSPS) is 10.8. The fourth-order valence-electron chi connectivity index (χ4n) is 3.32. The predicted molar refractivity (Wildman–Crippen MR) is 127 cm³/mol. The van der Waals surface area contributed by atoms with E-state index in [2.05, 4.69) is 25.3 Å². The maximum Gasteiger partial charge on any atom is 0.242 e. The van der Waals surface area contributed by atoms with Gasteiger partial charge in [0.05, 0.1) is 13.1 Å². The second-order valence-electron chi connectivity index (χ2n) is 7.73. The molecule has 0 saturated carbocycles. The topological polar surface area (TPSA) is 49.9 Å². The van der Waals surface area contributed by atoms with Crippen molar-refractivity contribution in [2.24, 2.45) is 0 Å². The summed E-state index contributed by atoms with van der Waals surface area (Å²) < 4.78 is 5.43. The zero-order valence-corrected chi connectivity index (χ0v) is 20.0. The van der Waals surface area contributed by atoms with Crippen molar-refractivity contribution in [3.63, 3.8) is 0 Å². The summed E-state index contributed by atoms with van der Waals surface area (Å²) in [5.74, 6) is 0.0385. The van der Waals surface area contributed by atoms with Gasteiger partial charge in [0.2, 0.25) is 11.8 Å². The highest BCUT2D eigenvalue weighted by molar-refractivity contribution is 7.10. The summed E-state index contributed by atoms with van der Waals surface area (Å²) in [5.41, 5.74) is 2.29. The van der Waals surface area contributed by atoms with Crippen molar-refractivity contribution in [2.75, 3.05) is 26.3 Å². The van der Waals surface area contributed by atoms with Gasteiger partial charge in [-0.2, -0.15) is 0 Å². The summed E-state index contributed by atoms with van der Waals surface area (Å²) in [6.45, 7) is 9.13. The fourth-order valence-corrected chi connectivity index (χ4v) is 4.24. The number of aryl methyl sites for hydroxylation is 1. The minimum absolute atomic E-state index is 0.0158. The molecule has 2 rings (SSSR count). The molecular weight excluding hydrogens is 408 g/mol. The van der Waals surface area contributed by atoms with Gasteiger partial charge in [-0.05, 0) is 49.3 Å². The Hall–Kier alpha value is -2.18. The fraction of sp³-hybridized carbons (Fsp3) is 0.520. The van der Waals surface area contributed by atoms with Crippen molar-refractivity contribution < 1.29 is 14.3 Å². The van der Waals surface area contributed by atoms with Crippen LogP contribution in [-0.4, -0.2) is 47.9 Å². The van der Waals surface area contributed by atoms with Crippen LogP contribution >= 0.6 is 11.3 Å². The first-order valence-electron chi connectivity index (χ1n) is 11.2. The Bertz CT molecular complexity index is 791. The van der Waals surface area contributed by atoms with Crippen molar-refractivity contribution in [3.05, 3.63) is 57.8 Å². The van der Waals surface area contributed by atoms with Gasteiger partial charge in [-0.1, -0.05) is 43.7 Å². The number of ether oxygens (including phenoxy) is 1. The molecule has 0 spiro atoms. The van der Waals surface area contributed by atoms with Gasteiger partial charge in [0, 0.05) is 37.6 Å². The lowest BCUT2D eigenvalue weighted by molar-refractivity contribution is -0.141. The van der Waals surface area contributed by atoms with Gasteiger partial charge in [-0.25, -0.2) is 0 Å². The van der Waals surface area contributed by atoms with Crippen LogP contribution in [0.5, 0.6) is 0 Å². The molecule has 0 aliphatic heterocycles. The average Bonchev–Trinajstić information content (AvgIpc) is 3.18. The Morgan fingerprint density at radius 1 is 0.968 bits per heavy atom. The number of rotatable bonds is 14. The van der Waals surface area contributed by atoms with E-state index < -0.39 is 0 Å². The Morgan fingerprint density at radius 2 is 1.74 bits per heavy atom. The molecule has 0 atom stereocenters. The number of thiophene rings is 1. The second kappa shape index (κ2) is 14.0. The molecule has 0 bridgehead atoms. The van der Waals surface area contributed by atoms with E-state index in [9.17, 15) is 9.59 Å². The van der Waals surface area contributed by atoms with E-state index in [-0.39, 0.29) is 18.4 Å². The quantitative estimate of drug-likeness (QED) is 0.384. The molecule has 6 heteroatoms. The second-order valence-corrected chi connectivity index (χ2v) is 8.73. The molecule has 0 N–H and O–H groups in total. The largest absolute Gasteiger partial charge is 0.382 e. The molecule has 0 aliphatic rings. The van der Waals surface area contributed by atoms with E-state index >= 15 is 0 Å². The number of amides is 2. The molecule has 31 heavy (non-hydrogen) atoms. The Balaban J connectivity index is 2.12. The molecule has 0 unspecified atom stereocenters. The molecule has 1 aromatic carbocycles. The summed E-state index contributed by atoms with van der Waals surface area (Å²) in [7, 11) is 0. The lowest BCUT2D eigenvalue weighted by Crippen LogP contribution is -2.43. The highest BCUT2D eigenvalue weighted by atomic mass is 32.1. The van der Waals surface area contributed by atoms with E-state index in [0.717, 1.165) is 24.8 Å². The van der Waals surface area contributed by atoms with Crippen molar-refractivity contribution in [1.29, 1.82) is 0 Å². The Labute approximate surface area is 191 Å². The minimum atomic E-state index is -0.0158. The van der Waals surface area contributed by atoms with E-state index in [1.807, 2.05) is 42.2 Å². The van der Waals surface area contributed by atoms with Gasteiger partial charge in [-0.15, -0.1) is 11.3 Å². The van der Waals surface area contributed by atoms with Crippen molar-refractivity contribution in [2.45, 2.75) is 59.5 Å². The zero-order valence-electron chi connectivity index (χ0n) is 19.1. The van der Waals surface area contributed by atoms with Gasteiger partial charge in [-0.3, -0.25) is 9.59 Å². The summed E-state index contributed by atoms with van der Waals surface area (Å²) in [5, 5.41) is 2.06. The number of hydrogen-bond acceptors (Lipinski definition) is 4. The molecule has 0 aliphatic carbocycles. The zero-order chi connectivity index (χ0) is 22.5. The molecular formula is C25H36N2O3S. The molecule has 0 fully saturated rings. The summed E-state index contributed by atoms with van der Waals surface area (Å²) >= 11 is 1.67. The van der Waals surface area contributed by atoms with Gasteiger partial charge in [0.1, 0.15) is 0 Å². The van der Waals surface area contributed by atoms with Gasteiger partial charge in [0.25, 0.3) is 0 Å². The van der Waals surface area contributed by atoms with Crippen LogP contribution in [0.3, 0.4) is 0 Å². The maximum absolute atomic E-state index is 13.4. The van der Waals surface area contributed by atoms with Crippen LogP contribution < -0.4 is 0 Å². The van der Waals surface area contributed by atoms with Crippen molar-refractivity contribution in [3.8, 4) is 0 Å². The number of unbranched alkanes of at least 4 members (excludes halogenated alkanes) is 1. The van der Waals surface area contributed by atoms with Crippen LogP contribution in [0.2, 0.25) is 0 Å². The van der Waals surface area contributed by atoms with Crippen LogP contribution in [0.25, 0.3) is 0 Å². The van der Waals surface area contributed by atoms with Crippen molar-refractivity contribution in [1.82, 2.24) is 9.80 Å². The smallest absolute Gasteiger partial charge is 0.242 e. The van der Waals surface area contributed by atoms with Crippen molar-refractivity contribution >= 4 is 23.2 Å². The molecule has 5 nitrogen and oxygen atoms in total. The first kappa shape index (κ1) is 25.1. The lowest BCUT2D eigenvalue weighted by atomic mass is 10.2. The van der Waals surface area contributed by atoms with E-state index in [4.69, 9.17) is 4.74 Å². The van der Waals surface area contributed by atoms with Crippen LogP contribution in [-0.2, 0) is 27.4 Å². The number of benzene rings is 1. The summed E-state index contributed by atoms with van der Waals surface area (Å²) in [4.78, 5) is 30.9. The molecule has 2 aromatic rings. The number of nitrogens with zero attached hydrogens (tertiary/aromatic N) is 2. The lowest BCUT2D eigenvalue weighted by Gasteiger charge is -2.28. The monoisotopic (exact) mass is 444 g/mol. The van der Waals surface area contributed by atoms with Gasteiger partial charge < -0.3 is 14.5 Å². The molecule has 1 aromatic heterocycles. The number of hydrogen-bond donors (Lipinski definition) is 0. The number of carbonyl (C=O) groups is 2. The third kappa shape index (κ3) is 8.83. The standard InChI is InChI=1S/C25H36N2O3S/c1-4-6-13-24(28)26(15-10-16-30-5-2)20-25(29)27(18-22-11-8-7-9-12-22)19-23-21(3)14-17-31-23/h7-9,11-12,14,17H,4-6,10,13,15-16,18-20H2,1-3H3. The Kier molecular flexibility index (Phi) is 11.3. The minimum Gasteiger partial charge on any atom is -0.382 e. The van der Waals surface area contributed by atoms with Crippen LogP contribution in [0.15, 0.2) is 41.8 Å². The maximum atomic E-state index is 13.4. The molecule has 0 saturated heterocycles. The molecule has 0 radical (unpaired) electrons. The predicted octanol–water partition coefficient (Wildman–Crippen LogP) is 5.03. The van der Waals surface area contributed by atoms with E-state index in [1.54, 1.807) is 16.2 Å². The SMILES string of the molecule is CCCCC(=O)N(CCCOCC)CC(=O)N(Cc1ccccc1)Cc1sccc1C. The van der Waals surface area contributed by atoms with E-state index in [1.165, 1.54) is 10.4 Å². The van der Waals surface area contributed by atoms with Gasteiger partial charge >= 0.3 is 0 Å². The first-order valence-corrected chi connectivity index (χ1v) is 12.1. The highest BCUT2D eigenvalue weighted by Gasteiger charge is 2.22. The van der Waals surface area contributed by atoms with Crippen LogP contribution in [0.4, 0.5) is 0 Å². The first-order chi connectivity index (χ1) is 15.0. The van der Waals surface area contributed by atoms with Crippen LogP contribution in [0, 0.1) is 6.92 Å². The Morgan fingerprint density at radius 3 is 2.39 bits per heavy atom. The summed E-state index contributed by atoms with van der Waals surface area (Å²) in [6, 6.07) is 12.1. The summed E-state index contributed by atoms with van der Waals surface area (Å²) in [6.07, 6.45) is 3.03. The average molecular weight is 445 g/mol. The molecule has 1 heterocycles. The third-order valence-electron chi connectivity index (χ3n) is 5.22. The van der Waals surface area contributed by atoms with E-state index in [0.29, 0.717) is 39.3 Å². The number of carbonyl (C=O) groups excluding carboxylic acids is 2.